The van der Waals surface area contributed by atoms with E-state index in [4.69, 9.17) is 9.73 Å². The number of fused-ring (bicyclic) bond motifs is 1. The minimum absolute atomic E-state index is 0.170. The number of hydrogen-bond acceptors (Lipinski definition) is 5. The van der Waals surface area contributed by atoms with Gasteiger partial charge in [0.1, 0.15) is 5.60 Å². The fourth-order valence-corrected chi connectivity index (χ4v) is 5.03. The molecule has 0 radical (unpaired) electrons. The molecule has 0 aromatic heterocycles. The van der Waals surface area contributed by atoms with Gasteiger partial charge in [0.15, 0.2) is 6.29 Å². The summed E-state index contributed by atoms with van der Waals surface area (Å²) >= 11 is 0. The van der Waals surface area contributed by atoms with Crippen LogP contribution in [-0.4, -0.2) is 35.4 Å². The third-order valence-corrected chi connectivity index (χ3v) is 6.96. The van der Waals surface area contributed by atoms with Gasteiger partial charge in [0, 0.05) is 23.3 Å². The van der Waals surface area contributed by atoms with E-state index in [1.807, 2.05) is 45.0 Å². The Kier molecular flexibility index (Phi) is 6.20. The highest BCUT2D eigenvalue weighted by atomic mass is 16.6. The standard InChI is InChI=1S/C30H31N3O3/c1-29(2,3)36-28(35)33-30(15-7-16-30)22-12-10-21(11-13-22)27-23(20-8-5-4-6-9-20)18-24-25(32-27)14-17-31-26(24)19-34/h4-6,8-14,17-19,24-25H,7,15-16H2,1-3H3,(H,33,35). The number of carbonyl (C=O) groups excluding carboxylic acids is 2. The first-order chi connectivity index (χ1) is 17.3. The third-order valence-electron chi connectivity index (χ3n) is 6.96. The highest BCUT2D eigenvalue weighted by Crippen LogP contribution is 2.42. The number of hydrogen-bond donors (Lipinski definition) is 1. The van der Waals surface area contributed by atoms with Gasteiger partial charge >= 0.3 is 6.09 Å². The number of aliphatic imine (C=N–C) groups is 2. The van der Waals surface area contributed by atoms with Crippen LogP contribution < -0.4 is 5.32 Å². The maximum atomic E-state index is 12.5. The summed E-state index contributed by atoms with van der Waals surface area (Å²) in [6.45, 7) is 5.61. The molecular weight excluding hydrogens is 450 g/mol. The number of aldehydes is 1. The zero-order valence-corrected chi connectivity index (χ0v) is 20.9. The smallest absolute Gasteiger partial charge is 0.408 e. The Balaban J connectivity index is 1.46. The number of ether oxygens (including phenoxy) is 1. The molecule has 6 heteroatoms. The Morgan fingerprint density at radius 3 is 2.39 bits per heavy atom. The summed E-state index contributed by atoms with van der Waals surface area (Å²) in [7, 11) is 0. The summed E-state index contributed by atoms with van der Waals surface area (Å²) in [5.74, 6) is -0.179. The second kappa shape index (κ2) is 9.34. The number of allylic oxidation sites excluding steroid dienone is 1. The average molecular weight is 482 g/mol. The average Bonchev–Trinajstić information content (AvgIpc) is 2.84. The number of nitrogens with one attached hydrogen (secondary N) is 1. The van der Waals surface area contributed by atoms with Crippen LogP contribution in [0.25, 0.3) is 5.57 Å². The quantitative estimate of drug-likeness (QED) is 0.562. The predicted octanol–water partition coefficient (Wildman–Crippen LogP) is 5.63. The van der Waals surface area contributed by atoms with Crippen LogP contribution in [0.4, 0.5) is 4.79 Å². The van der Waals surface area contributed by atoms with Gasteiger partial charge in [0.2, 0.25) is 0 Å². The van der Waals surface area contributed by atoms with Crippen LogP contribution in [0.1, 0.15) is 56.7 Å². The van der Waals surface area contributed by atoms with Crippen molar-refractivity contribution in [3.8, 4) is 0 Å². The van der Waals surface area contributed by atoms with Crippen LogP contribution in [0.3, 0.4) is 0 Å². The Hall–Kier alpha value is -3.80. The minimum Gasteiger partial charge on any atom is -0.444 e. The molecule has 5 rings (SSSR count). The Morgan fingerprint density at radius 2 is 1.78 bits per heavy atom. The molecule has 6 nitrogen and oxygen atoms in total. The lowest BCUT2D eigenvalue weighted by molar-refractivity contribution is -0.102. The SMILES string of the molecule is CC(C)(C)OC(=O)NC1(c2ccc(C3=NC4C=CN=C(C=O)C4C=C3c3ccccc3)cc2)CCC1. The first kappa shape index (κ1) is 23.9. The molecule has 2 aromatic rings. The van der Waals surface area contributed by atoms with Crippen molar-refractivity contribution in [3.63, 3.8) is 0 Å². The van der Waals surface area contributed by atoms with Crippen molar-refractivity contribution in [2.24, 2.45) is 15.9 Å². The molecule has 1 aliphatic carbocycles. The molecule has 1 saturated carbocycles. The van der Waals surface area contributed by atoms with Crippen molar-refractivity contribution in [1.82, 2.24) is 5.32 Å². The molecule has 2 heterocycles. The molecular formula is C30H31N3O3. The largest absolute Gasteiger partial charge is 0.444 e. The molecule has 0 spiro atoms. The summed E-state index contributed by atoms with van der Waals surface area (Å²) < 4.78 is 5.52. The van der Waals surface area contributed by atoms with Crippen LogP contribution in [0, 0.1) is 5.92 Å². The lowest BCUT2D eigenvalue weighted by Gasteiger charge is -2.43. The molecule has 36 heavy (non-hydrogen) atoms. The van der Waals surface area contributed by atoms with Gasteiger partial charge in [-0.15, -0.1) is 0 Å². The predicted molar refractivity (Wildman–Crippen MR) is 142 cm³/mol. The number of dihydropyridines is 1. The number of nitrogens with zero attached hydrogens (tertiary/aromatic N) is 2. The molecule has 184 valence electrons. The molecule has 2 aromatic carbocycles. The molecule has 2 aliphatic heterocycles. The maximum absolute atomic E-state index is 12.5. The van der Waals surface area contributed by atoms with Crippen LogP contribution >= 0.6 is 0 Å². The second-order valence-electron chi connectivity index (χ2n) is 10.6. The molecule has 3 aliphatic rings. The Labute approximate surface area is 211 Å². The first-order valence-electron chi connectivity index (χ1n) is 12.5. The van der Waals surface area contributed by atoms with Gasteiger partial charge in [-0.2, -0.15) is 0 Å². The van der Waals surface area contributed by atoms with Crippen LogP contribution in [0.15, 0.2) is 82.9 Å². The molecule has 0 saturated heterocycles. The van der Waals surface area contributed by atoms with Crippen molar-refractivity contribution in [1.29, 1.82) is 0 Å². The van der Waals surface area contributed by atoms with Crippen LogP contribution in [0.5, 0.6) is 0 Å². The highest BCUT2D eigenvalue weighted by Gasteiger charge is 2.41. The normalized spacial score (nSPS) is 22.2. The first-order valence-corrected chi connectivity index (χ1v) is 12.5. The lowest BCUT2D eigenvalue weighted by Crippen LogP contribution is -2.52. The third kappa shape index (κ3) is 4.68. The second-order valence-corrected chi connectivity index (χ2v) is 10.6. The van der Waals surface area contributed by atoms with Crippen molar-refractivity contribution >= 4 is 29.4 Å². The van der Waals surface area contributed by atoms with E-state index in [2.05, 4.69) is 52.8 Å². The van der Waals surface area contributed by atoms with E-state index in [1.165, 1.54) is 0 Å². The van der Waals surface area contributed by atoms with Crippen molar-refractivity contribution in [2.75, 3.05) is 0 Å². The topological polar surface area (TPSA) is 80.1 Å². The van der Waals surface area contributed by atoms with E-state index >= 15 is 0 Å². The Morgan fingerprint density at radius 1 is 1.06 bits per heavy atom. The van der Waals surface area contributed by atoms with Gasteiger partial charge in [-0.1, -0.05) is 60.7 Å². The Bertz CT molecular complexity index is 1280. The minimum atomic E-state index is -0.544. The van der Waals surface area contributed by atoms with Gasteiger partial charge in [-0.25, -0.2) is 4.79 Å². The fourth-order valence-electron chi connectivity index (χ4n) is 5.03. The molecule has 1 amide bonds. The number of alkyl carbamates (subject to hydrolysis) is 1. The van der Waals surface area contributed by atoms with Gasteiger partial charge < -0.3 is 10.1 Å². The maximum Gasteiger partial charge on any atom is 0.408 e. The molecule has 2 unspecified atom stereocenters. The van der Waals surface area contributed by atoms with E-state index in [-0.39, 0.29) is 18.1 Å². The molecule has 1 N–H and O–H groups in total. The number of amides is 1. The van der Waals surface area contributed by atoms with Crippen molar-refractivity contribution in [2.45, 2.75) is 57.2 Å². The molecule has 2 atom stereocenters. The van der Waals surface area contributed by atoms with Crippen molar-refractivity contribution in [3.05, 3.63) is 89.6 Å². The van der Waals surface area contributed by atoms with E-state index in [0.717, 1.165) is 53.5 Å². The monoisotopic (exact) mass is 481 g/mol. The van der Waals surface area contributed by atoms with Gasteiger partial charge in [0.25, 0.3) is 0 Å². The van der Waals surface area contributed by atoms with Gasteiger partial charge in [-0.05, 0) is 57.2 Å². The van der Waals surface area contributed by atoms with E-state index < -0.39 is 11.1 Å². The summed E-state index contributed by atoms with van der Waals surface area (Å²) in [6.07, 6.45) is 8.97. The van der Waals surface area contributed by atoms with Gasteiger partial charge in [-0.3, -0.25) is 14.8 Å². The lowest BCUT2D eigenvalue weighted by atomic mass is 9.71. The van der Waals surface area contributed by atoms with Crippen LogP contribution in [0.2, 0.25) is 0 Å². The molecule has 1 fully saturated rings. The molecule has 0 bridgehead atoms. The van der Waals surface area contributed by atoms with E-state index in [1.54, 1.807) is 6.20 Å². The summed E-state index contributed by atoms with van der Waals surface area (Å²) in [4.78, 5) is 33.5. The highest BCUT2D eigenvalue weighted by molar-refractivity contribution is 6.36. The zero-order valence-electron chi connectivity index (χ0n) is 20.9. The summed E-state index contributed by atoms with van der Waals surface area (Å²) in [5, 5.41) is 3.13. The zero-order chi connectivity index (χ0) is 25.3. The summed E-state index contributed by atoms with van der Waals surface area (Å²) in [6, 6.07) is 18.2. The van der Waals surface area contributed by atoms with E-state index in [0.29, 0.717) is 5.71 Å². The van der Waals surface area contributed by atoms with Gasteiger partial charge in [0.05, 0.1) is 23.0 Å². The van der Waals surface area contributed by atoms with E-state index in [9.17, 15) is 9.59 Å². The van der Waals surface area contributed by atoms with Crippen molar-refractivity contribution < 1.29 is 14.3 Å². The fraction of sp³-hybridized carbons (Fsp3) is 0.333. The number of carbonyl (C=O) groups is 2. The summed E-state index contributed by atoms with van der Waals surface area (Å²) in [5.41, 5.74) is 4.51. The number of rotatable bonds is 5. The van der Waals surface area contributed by atoms with Crippen LogP contribution in [-0.2, 0) is 15.1 Å². The number of benzene rings is 2.